The van der Waals surface area contributed by atoms with Crippen LogP contribution in [0, 0.1) is 5.41 Å². The molecule has 2 amide bonds. The van der Waals surface area contributed by atoms with Crippen molar-refractivity contribution < 1.29 is 19.8 Å². The van der Waals surface area contributed by atoms with Crippen LogP contribution in [-0.4, -0.2) is 52.9 Å². The van der Waals surface area contributed by atoms with Gasteiger partial charge >= 0.3 is 12.0 Å². The number of urea groups is 1. The van der Waals surface area contributed by atoms with Gasteiger partial charge in [-0.2, -0.15) is 0 Å². The van der Waals surface area contributed by atoms with E-state index in [1.54, 1.807) is 4.90 Å². The van der Waals surface area contributed by atoms with Gasteiger partial charge < -0.3 is 20.4 Å². The van der Waals surface area contributed by atoms with Crippen LogP contribution in [0.3, 0.4) is 0 Å². The summed E-state index contributed by atoms with van der Waals surface area (Å²) in [5, 5.41) is 21.6. The number of carbonyl (C=O) groups excluding carboxylic acids is 1. The maximum absolute atomic E-state index is 12.1. The van der Waals surface area contributed by atoms with Crippen LogP contribution in [0.5, 0.6) is 0 Å². The number of aliphatic hydroxyl groups excluding tert-OH is 1. The van der Waals surface area contributed by atoms with Crippen LogP contribution in [0.2, 0.25) is 0 Å². The van der Waals surface area contributed by atoms with Crippen molar-refractivity contribution >= 4 is 12.0 Å². The average molecular weight is 286 g/mol. The molecule has 1 atom stereocenters. The van der Waals surface area contributed by atoms with Gasteiger partial charge in [0.15, 0.2) is 0 Å². The summed E-state index contributed by atoms with van der Waals surface area (Å²) in [6.07, 6.45) is 2.71. The highest BCUT2D eigenvalue weighted by Crippen LogP contribution is 2.25. The van der Waals surface area contributed by atoms with E-state index in [1.807, 2.05) is 13.8 Å². The Kier molecular flexibility index (Phi) is 6.26. The van der Waals surface area contributed by atoms with Gasteiger partial charge in [-0.1, -0.05) is 13.8 Å². The van der Waals surface area contributed by atoms with Crippen molar-refractivity contribution in [1.82, 2.24) is 10.2 Å². The third kappa shape index (κ3) is 4.10. The van der Waals surface area contributed by atoms with Crippen LogP contribution in [0.25, 0.3) is 0 Å². The fourth-order valence-corrected chi connectivity index (χ4v) is 2.52. The van der Waals surface area contributed by atoms with Gasteiger partial charge in [-0.3, -0.25) is 4.79 Å². The molecule has 0 spiro atoms. The molecule has 1 aliphatic heterocycles. The summed E-state index contributed by atoms with van der Waals surface area (Å²) in [6, 6.07) is -0.230. The van der Waals surface area contributed by atoms with E-state index in [2.05, 4.69) is 5.32 Å². The van der Waals surface area contributed by atoms with Gasteiger partial charge in [0.25, 0.3) is 0 Å². The molecule has 1 aliphatic rings. The van der Waals surface area contributed by atoms with Crippen molar-refractivity contribution in [2.45, 2.75) is 52.1 Å². The summed E-state index contributed by atoms with van der Waals surface area (Å²) < 4.78 is 0. The molecule has 0 aromatic rings. The Morgan fingerprint density at radius 2 is 1.90 bits per heavy atom. The highest BCUT2D eigenvalue weighted by Gasteiger charge is 2.35. The van der Waals surface area contributed by atoms with E-state index in [0.717, 1.165) is 6.42 Å². The fourth-order valence-electron chi connectivity index (χ4n) is 2.52. The van der Waals surface area contributed by atoms with E-state index in [1.165, 1.54) is 0 Å². The average Bonchev–Trinajstić information content (AvgIpc) is 2.64. The SMILES string of the molecule is CCC(CC)(CNC(=O)N1CCCC(O)CC1)C(=O)O. The Balaban J connectivity index is 2.55. The van der Waals surface area contributed by atoms with Gasteiger partial charge in [-0.05, 0) is 32.1 Å². The predicted molar refractivity (Wildman–Crippen MR) is 75.5 cm³/mol. The number of carbonyl (C=O) groups is 2. The lowest BCUT2D eigenvalue weighted by molar-refractivity contribution is -0.149. The number of aliphatic hydroxyl groups is 1. The lowest BCUT2D eigenvalue weighted by Crippen LogP contribution is -2.47. The molecule has 116 valence electrons. The highest BCUT2D eigenvalue weighted by atomic mass is 16.4. The molecule has 6 nitrogen and oxygen atoms in total. The summed E-state index contributed by atoms with van der Waals surface area (Å²) >= 11 is 0. The van der Waals surface area contributed by atoms with Gasteiger partial charge in [0.05, 0.1) is 11.5 Å². The number of amides is 2. The molecule has 6 heteroatoms. The van der Waals surface area contributed by atoms with E-state index < -0.39 is 11.4 Å². The minimum atomic E-state index is -0.888. The second kappa shape index (κ2) is 7.47. The van der Waals surface area contributed by atoms with Crippen LogP contribution >= 0.6 is 0 Å². The predicted octanol–water partition coefficient (Wildman–Crippen LogP) is 1.43. The Bertz CT molecular complexity index is 342. The molecule has 0 aromatic carbocycles. The van der Waals surface area contributed by atoms with Crippen molar-refractivity contribution in [1.29, 1.82) is 0 Å². The summed E-state index contributed by atoms with van der Waals surface area (Å²) in [5.74, 6) is -0.867. The van der Waals surface area contributed by atoms with E-state index in [9.17, 15) is 19.8 Å². The molecule has 1 fully saturated rings. The number of rotatable bonds is 5. The van der Waals surface area contributed by atoms with E-state index in [4.69, 9.17) is 0 Å². The lowest BCUT2D eigenvalue weighted by atomic mass is 9.82. The van der Waals surface area contributed by atoms with Crippen molar-refractivity contribution in [2.24, 2.45) is 5.41 Å². The van der Waals surface area contributed by atoms with Crippen molar-refractivity contribution in [2.75, 3.05) is 19.6 Å². The van der Waals surface area contributed by atoms with Crippen LogP contribution in [0.4, 0.5) is 4.79 Å². The topological polar surface area (TPSA) is 89.9 Å². The molecule has 1 unspecified atom stereocenters. The zero-order chi connectivity index (χ0) is 15.2. The van der Waals surface area contributed by atoms with Gasteiger partial charge in [0.1, 0.15) is 0 Å². The molecule has 1 saturated heterocycles. The van der Waals surface area contributed by atoms with Crippen molar-refractivity contribution in [3.8, 4) is 0 Å². The summed E-state index contributed by atoms with van der Waals surface area (Å²) in [6.45, 7) is 4.93. The molecule has 0 saturated carbocycles. The summed E-state index contributed by atoms with van der Waals surface area (Å²) in [5.41, 5.74) is -0.888. The number of nitrogens with one attached hydrogen (secondary N) is 1. The van der Waals surface area contributed by atoms with Crippen molar-refractivity contribution in [3.05, 3.63) is 0 Å². The summed E-state index contributed by atoms with van der Waals surface area (Å²) in [4.78, 5) is 25.1. The third-order valence-corrected chi connectivity index (χ3v) is 4.37. The van der Waals surface area contributed by atoms with Crippen LogP contribution in [0.15, 0.2) is 0 Å². The fraction of sp³-hybridized carbons (Fsp3) is 0.857. The largest absolute Gasteiger partial charge is 0.481 e. The molecule has 1 heterocycles. The molecule has 3 N–H and O–H groups in total. The van der Waals surface area contributed by atoms with Gasteiger partial charge in [0, 0.05) is 19.6 Å². The first-order valence-corrected chi connectivity index (χ1v) is 7.39. The Morgan fingerprint density at radius 3 is 2.45 bits per heavy atom. The zero-order valence-electron chi connectivity index (χ0n) is 12.4. The van der Waals surface area contributed by atoms with E-state index in [0.29, 0.717) is 38.8 Å². The smallest absolute Gasteiger partial charge is 0.317 e. The van der Waals surface area contributed by atoms with Crippen LogP contribution in [0.1, 0.15) is 46.0 Å². The number of aliphatic carboxylic acids is 1. The quantitative estimate of drug-likeness (QED) is 0.713. The maximum atomic E-state index is 12.1. The Hall–Kier alpha value is -1.30. The molecule has 0 bridgehead atoms. The van der Waals surface area contributed by atoms with Gasteiger partial charge in [-0.25, -0.2) is 4.79 Å². The number of likely N-dealkylation sites (tertiary alicyclic amines) is 1. The number of hydrogen-bond acceptors (Lipinski definition) is 3. The number of carboxylic acid groups (broad SMARTS) is 1. The Morgan fingerprint density at radius 1 is 1.25 bits per heavy atom. The normalized spacial score (nSPS) is 20.4. The number of nitrogens with zero attached hydrogens (tertiary/aromatic N) is 1. The van der Waals surface area contributed by atoms with E-state index >= 15 is 0 Å². The minimum Gasteiger partial charge on any atom is -0.481 e. The summed E-state index contributed by atoms with van der Waals surface area (Å²) in [7, 11) is 0. The monoisotopic (exact) mass is 286 g/mol. The van der Waals surface area contributed by atoms with E-state index in [-0.39, 0.29) is 18.7 Å². The van der Waals surface area contributed by atoms with Crippen LogP contribution in [-0.2, 0) is 4.79 Å². The van der Waals surface area contributed by atoms with Gasteiger partial charge in [0.2, 0.25) is 0 Å². The standard InChI is InChI=1S/C14H26N2O4/c1-3-14(4-2,12(18)19)10-15-13(20)16-8-5-6-11(17)7-9-16/h11,17H,3-10H2,1-2H3,(H,15,20)(H,18,19). The minimum absolute atomic E-state index is 0.146. The zero-order valence-corrected chi connectivity index (χ0v) is 12.4. The highest BCUT2D eigenvalue weighted by molar-refractivity contribution is 5.78. The molecular weight excluding hydrogens is 260 g/mol. The first kappa shape index (κ1) is 16.8. The van der Waals surface area contributed by atoms with Crippen molar-refractivity contribution in [3.63, 3.8) is 0 Å². The maximum Gasteiger partial charge on any atom is 0.317 e. The third-order valence-electron chi connectivity index (χ3n) is 4.37. The molecule has 0 radical (unpaired) electrons. The lowest BCUT2D eigenvalue weighted by Gasteiger charge is -2.29. The van der Waals surface area contributed by atoms with Crippen LogP contribution < -0.4 is 5.32 Å². The molecule has 0 aromatic heterocycles. The molecule has 20 heavy (non-hydrogen) atoms. The first-order valence-electron chi connectivity index (χ1n) is 7.39. The first-order chi connectivity index (χ1) is 9.45. The second-order valence-corrected chi connectivity index (χ2v) is 5.52. The Labute approximate surface area is 120 Å². The number of carboxylic acids is 1. The van der Waals surface area contributed by atoms with Gasteiger partial charge in [-0.15, -0.1) is 0 Å². The number of hydrogen-bond donors (Lipinski definition) is 3. The molecular formula is C14H26N2O4. The second-order valence-electron chi connectivity index (χ2n) is 5.52. The molecule has 0 aliphatic carbocycles. The molecule has 1 rings (SSSR count).